The third-order valence-electron chi connectivity index (χ3n) is 2.87. The summed E-state index contributed by atoms with van der Waals surface area (Å²) in [5, 5.41) is 0.401. The van der Waals surface area contributed by atoms with Gasteiger partial charge in [-0.2, -0.15) is 0 Å². The van der Waals surface area contributed by atoms with E-state index in [0.717, 1.165) is 0 Å². The first-order valence-corrected chi connectivity index (χ1v) is 6.47. The van der Waals surface area contributed by atoms with E-state index < -0.39 is 11.6 Å². The fraction of sp³-hybridized carbons (Fsp3) is 0.200. The molecule has 0 heterocycles. The largest absolute Gasteiger partial charge is 0.486 e. The Morgan fingerprint density at radius 1 is 1.15 bits per heavy atom. The standard InChI is InChI=1S/C15H14ClF2NO/c1-9(19)10-2-5-15(14(18)7-10)20-8-11-6-12(16)3-4-13(11)17/h2-7,9H,8,19H2,1H3/t9-/m1/s1. The van der Waals surface area contributed by atoms with Gasteiger partial charge in [0.25, 0.3) is 0 Å². The van der Waals surface area contributed by atoms with E-state index in [4.69, 9.17) is 22.1 Å². The molecule has 0 unspecified atom stereocenters. The summed E-state index contributed by atoms with van der Waals surface area (Å²) in [4.78, 5) is 0. The minimum absolute atomic E-state index is 0.0498. The molecule has 2 aromatic rings. The molecule has 0 aliphatic carbocycles. The van der Waals surface area contributed by atoms with Gasteiger partial charge in [-0.3, -0.25) is 0 Å². The van der Waals surface area contributed by atoms with Gasteiger partial charge in [0.05, 0.1) is 0 Å². The van der Waals surface area contributed by atoms with E-state index >= 15 is 0 Å². The molecular formula is C15H14ClF2NO. The third kappa shape index (κ3) is 3.46. The molecule has 0 aliphatic rings. The van der Waals surface area contributed by atoms with Crippen molar-refractivity contribution >= 4 is 11.6 Å². The maximum atomic E-state index is 13.8. The van der Waals surface area contributed by atoms with Gasteiger partial charge in [-0.25, -0.2) is 8.78 Å². The Morgan fingerprint density at radius 3 is 2.55 bits per heavy atom. The third-order valence-corrected chi connectivity index (χ3v) is 3.11. The Kier molecular flexibility index (Phi) is 4.57. The summed E-state index contributed by atoms with van der Waals surface area (Å²) in [6.07, 6.45) is 0. The van der Waals surface area contributed by atoms with E-state index in [1.165, 1.54) is 30.3 Å². The summed E-state index contributed by atoms with van der Waals surface area (Å²) in [6.45, 7) is 1.66. The molecule has 0 saturated heterocycles. The van der Waals surface area contributed by atoms with Gasteiger partial charge >= 0.3 is 0 Å². The van der Waals surface area contributed by atoms with Crippen LogP contribution in [0.25, 0.3) is 0 Å². The van der Waals surface area contributed by atoms with Crippen LogP contribution >= 0.6 is 11.6 Å². The minimum Gasteiger partial charge on any atom is -0.486 e. The molecular weight excluding hydrogens is 284 g/mol. The minimum atomic E-state index is -0.526. The fourth-order valence-electron chi connectivity index (χ4n) is 1.73. The highest BCUT2D eigenvalue weighted by Gasteiger charge is 2.09. The number of hydrogen-bond donors (Lipinski definition) is 1. The number of ether oxygens (including phenoxy) is 1. The highest BCUT2D eigenvalue weighted by Crippen LogP contribution is 2.23. The van der Waals surface area contributed by atoms with Crippen molar-refractivity contribution in [2.75, 3.05) is 0 Å². The molecule has 0 aromatic heterocycles. The van der Waals surface area contributed by atoms with Crippen molar-refractivity contribution in [2.24, 2.45) is 5.73 Å². The zero-order valence-corrected chi connectivity index (χ0v) is 11.6. The van der Waals surface area contributed by atoms with Gasteiger partial charge in [-0.1, -0.05) is 17.7 Å². The van der Waals surface area contributed by atoms with E-state index in [-0.39, 0.29) is 24.0 Å². The number of halogens is 3. The van der Waals surface area contributed by atoms with E-state index in [1.807, 2.05) is 0 Å². The number of hydrogen-bond acceptors (Lipinski definition) is 2. The number of benzene rings is 2. The predicted molar refractivity (Wildman–Crippen MR) is 74.7 cm³/mol. The van der Waals surface area contributed by atoms with Crippen molar-refractivity contribution in [3.63, 3.8) is 0 Å². The van der Waals surface area contributed by atoms with Crippen LogP contribution in [0, 0.1) is 11.6 Å². The Balaban J connectivity index is 2.13. The number of rotatable bonds is 4. The van der Waals surface area contributed by atoms with Crippen molar-refractivity contribution in [1.82, 2.24) is 0 Å². The zero-order valence-electron chi connectivity index (χ0n) is 10.9. The molecule has 1 atom stereocenters. The van der Waals surface area contributed by atoms with E-state index in [1.54, 1.807) is 13.0 Å². The van der Waals surface area contributed by atoms with Crippen molar-refractivity contribution in [3.05, 3.63) is 64.2 Å². The SMILES string of the molecule is C[C@@H](N)c1ccc(OCc2cc(Cl)ccc2F)c(F)c1. The van der Waals surface area contributed by atoms with Crippen LogP contribution in [0.4, 0.5) is 8.78 Å². The molecule has 5 heteroatoms. The second kappa shape index (κ2) is 6.20. The van der Waals surface area contributed by atoms with Crippen molar-refractivity contribution in [2.45, 2.75) is 19.6 Å². The quantitative estimate of drug-likeness (QED) is 0.917. The molecule has 0 fully saturated rings. The van der Waals surface area contributed by atoms with Crippen molar-refractivity contribution in [3.8, 4) is 5.75 Å². The van der Waals surface area contributed by atoms with Crippen LogP contribution in [0.2, 0.25) is 5.02 Å². The van der Waals surface area contributed by atoms with Crippen LogP contribution < -0.4 is 10.5 Å². The maximum absolute atomic E-state index is 13.8. The molecule has 20 heavy (non-hydrogen) atoms. The first-order valence-electron chi connectivity index (χ1n) is 6.09. The van der Waals surface area contributed by atoms with Crippen LogP contribution in [0.15, 0.2) is 36.4 Å². The van der Waals surface area contributed by atoms with E-state index in [0.29, 0.717) is 10.6 Å². The van der Waals surface area contributed by atoms with E-state index in [9.17, 15) is 8.78 Å². The lowest BCUT2D eigenvalue weighted by atomic mass is 10.1. The molecule has 0 saturated carbocycles. The fourth-order valence-corrected chi connectivity index (χ4v) is 1.92. The Hall–Kier alpha value is -1.65. The second-order valence-electron chi connectivity index (χ2n) is 4.50. The molecule has 0 aliphatic heterocycles. The highest BCUT2D eigenvalue weighted by atomic mass is 35.5. The molecule has 0 radical (unpaired) electrons. The molecule has 0 amide bonds. The zero-order chi connectivity index (χ0) is 14.7. The van der Waals surface area contributed by atoms with Gasteiger partial charge in [-0.05, 0) is 42.8 Å². The molecule has 2 nitrogen and oxygen atoms in total. The monoisotopic (exact) mass is 297 g/mol. The van der Waals surface area contributed by atoms with Gasteiger partial charge in [0, 0.05) is 16.6 Å². The molecule has 0 bridgehead atoms. The topological polar surface area (TPSA) is 35.2 Å². The van der Waals surface area contributed by atoms with Crippen LogP contribution in [0.5, 0.6) is 5.75 Å². The van der Waals surface area contributed by atoms with Crippen LogP contribution in [-0.2, 0) is 6.61 Å². The van der Waals surface area contributed by atoms with Gasteiger partial charge in [0.1, 0.15) is 12.4 Å². The van der Waals surface area contributed by atoms with Gasteiger partial charge in [0.2, 0.25) is 0 Å². The lowest BCUT2D eigenvalue weighted by Gasteiger charge is -2.11. The molecule has 2 aromatic carbocycles. The first-order chi connectivity index (χ1) is 9.47. The van der Waals surface area contributed by atoms with Crippen LogP contribution in [0.1, 0.15) is 24.1 Å². The smallest absolute Gasteiger partial charge is 0.165 e. The molecule has 2 N–H and O–H groups in total. The maximum Gasteiger partial charge on any atom is 0.165 e. The van der Waals surface area contributed by atoms with E-state index in [2.05, 4.69) is 0 Å². The summed E-state index contributed by atoms with van der Waals surface area (Å²) < 4.78 is 32.6. The van der Waals surface area contributed by atoms with Crippen LogP contribution in [0.3, 0.4) is 0 Å². The van der Waals surface area contributed by atoms with Crippen molar-refractivity contribution < 1.29 is 13.5 Å². The first kappa shape index (κ1) is 14.8. The summed E-state index contributed by atoms with van der Waals surface area (Å²) in [5.74, 6) is -0.918. The normalized spacial score (nSPS) is 12.2. The Labute approximate surface area is 121 Å². The van der Waals surface area contributed by atoms with Crippen molar-refractivity contribution in [1.29, 1.82) is 0 Å². The molecule has 106 valence electrons. The summed E-state index contributed by atoms with van der Waals surface area (Å²) in [6, 6.07) is 8.35. The average molecular weight is 298 g/mol. The van der Waals surface area contributed by atoms with Gasteiger partial charge < -0.3 is 10.5 Å². The second-order valence-corrected chi connectivity index (χ2v) is 4.94. The lowest BCUT2D eigenvalue weighted by molar-refractivity contribution is 0.284. The number of nitrogens with two attached hydrogens (primary N) is 1. The lowest BCUT2D eigenvalue weighted by Crippen LogP contribution is -2.06. The van der Waals surface area contributed by atoms with Crippen LogP contribution in [-0.4, -0.2) is 0 Å². The Bertz CT molecular complexity index is 617. The summed E-state index contributed by atoms with van der Waals surface area (Å²) in [5.41, 5.74) is 6.60. The Morgan fingerprint density at radius 2 is 1.90 bits per heavy atom. The highest BCUT2D eigenvalue weighted by molar-refractivity contribution is 6.30. The van der Waals surface area contributed by atoms with Gasteiger partial charge in [-0.15, -0.1) is 0 Å². The van der Waals surface area contributed by atoms with Gasteiger partial charge in [0.15, 0.2) is 11.6 Å². The average Bonchev–Trinajstić information content (AvgIpc) is 2.40. The summed E-state index contributed by atoms with van der Waals surface area (Å²) >= 11 is 5.78. The molecule has 2 rings (SSSR count). The predicted octanol–water partition coefficient (Wildman–Crippen LogP) is 4.22. The molecule has 0 spiro atoms. The summed E-state index contributed by atoms with van der Waals surface area (Å²) in [7, 11) is 0.